The molecule has 6 heteroatoms. The zero-order valence-electron chi connectivity index (χ0n) is 14.2. The summed E-state index contributed by atoms with van der Waals surface area (Å²) in [6.45, 7) is 2.45. The van der Waals surface area contributed by atoms with E-state index in [-0.39, 0.29) is 11.6 Å². The number of aromatic nitrogens is 2. The van der Waals surface area contributed by atoms with Crippen LogP contribution in [0.3, 0.4) is 0 Å². The molecule has 0 unspecified atom stereocenters. The Morgan fingerprint density at radius 2 is 1.92 bits per heavy atom. The molecule has 0 saturated carbocycles. The van der Waals surface area contributed by atoms with Crippen LogP contribution < -0.4 is 10.6 Å². The smallest absolute Gasteiger partial charge is 0.271 e. The summed E-state index contributed by atoms with van der Waals surface area (Å²) >= 11 is 0. The fourth-order valence-corrected chi connectivity index (χ4v) is 2.38. The second-order valence-electron chi connectivity index (χ2n) is 5.77. The number of hydrogen-bond donors (Lipinski definition) is 2. The fraction of sp³-hybridized carbons (Fsp3) is 0.100. The molecule has 6 nitrogen and oxygen atoms in total. The summed E-state index contributed by atoms with van der Waals surface area (Å²) in [7, 11) is 0. The average Bonchev–Trinajstić information content (AvgIpc) is 2.67. The number of nitriles is 1. The van der Waals surface area contributed by atoms with Crippen molar-refractivity contribution in [3.05, 3.63) is 83.3 Å². The Bertz CT molecular complexity index is 943. The normalized spacial score (nSPS) is 10.0. The lowest BCUT2D eigenvalue weighted by Crippen LogP contribution is -2.24. The molecular weight excluding hydrogens is 326 g/mol. The molecule has 1 amide bonds. The molecule has 128 valence electrons. The van der Waals surface area contributed by atoms with Crippen molar-refractivity contribution < 1.29 is 4.79 Å². The van der Waals surface area contributed by atoms with E-state index in [1.807, 2.05) is 31.2 Å². The Morgan fingerprint density at radius 3 is 2.58 bits per heavy atom. The van der Waals surface area contributed by atoms with Crippen molar-refractivity contribution >= 4 is 17.4 Å². The number of benzene rings is 2. The minimum absolute atomic E-state index is 0.253. The molecule has 2 N–H and O–H groups in total. The van der Waals surface area contributed by atoms with Gasteiger partial charge in [0, 0.05) is 12.2 Å². The number of aryl methyl sites for hydroxylation is 1. The number of nitrogens with zero attached hydrogens (tertiary/aromatic N) is 3. The number of rotatable bonds is 5. The van der Waals surface area contributed by atoms with Crippen LogP contribution >= 0.6 is 0 Å². The van der Waals surface area contributed by atoms with Crippen LogP contribution in [0.4, 0.5) is 11.5 Å². The third-order valence-corrected chi connectivity index (χ3v) is 3.71. The largest absolute Gasteiger partial charge is 0.347 e. The van der Waals surface area contributed by atoms with Crippen LogP contribution in [0.25, 0.3) is 0 Å². The zero-order chi connectivity index (χ0) is 18.4. The summed E-state index contributed by atoms with van der Waals surface area (Å²) < 4.78 is 0. The van der Waals surface area contributed by atoms with Crippen LogP contribution in [-0.4, -0.2) is 15.9 Å². The Morgan fingerprint density at radius 1 is 1.12 bits per heavy atom. The number of carbonyl (C=O) groups excluding carboxylic acids is 1. The second-order valence-corrected chi connectivity index (χ2v) is 5.77. The van der Waals surface area contributed by atoms with E-state index in [1.54, 1.807) is 24.3 Å². The van der Waals surface area contributed by atoms with Gasteiger partial charge in [-0.2, -0.15) is 5.26 Å². The molecule has 0 aliphatic carbocycles. The van der Waals surface area contributed by atoms with Gasteiger partial charge in [0.05, 0.1) is 24.0 Å². The van der Waals surface area contributed by atoms with Crippen LogP contribution in [0, 0.1) is 18.3 Å². The average molecular weight is 343 g/mol. The van der Waals surface area contributed by atoms with Crippen molar-refractivity contribution in [2.75, 3.05) is 5.32 Å². The van der Waals surface area contributed by atoms with E-state index in [1.165, 1.54) is 12.4 Å². The van der Waals surface area contributed by atoms with Crippen molar-refractivity contribution in [1.29, 1.82) is 5.26 Å². The van der Waals surface area contributed by atoms with E-state index < -0.39 is 0 Å². The quantitative estimate of drug-likeness (QED) is 0.741. The van der Waals surface area contributed by atoms with Crippen molar-refractivity contribution in [3.63, 3.8) is 0 Å². The third kappa shape index (κ3) is 4.42. The van der Waals surface area contributed by atoms with Gasteiger partial charge in [-0.05, 0) is 36.8 Å². The van der Waals surface area contributed by atoms with Crippen LogP contribution in [-0.2, 0) is 6.54 Å². The highest BCUT2D eigenvalue weighted by molar-refractivity contribution is 5.92. The summed E-state index contributed by atoms with van der Waals surface area (Å²) in [5.41, 5.74) is 3.81. The summed E-state index contributed by atoms with van der Waals surface area (Å²) in [6.07, 6.45) is 2.93. The Labute approximate surface area is 151 Å². The van der Waals surface area contributed by atoms with Crippen molar-refractivity contribution in [2.45, 2.75) is 13.5 Å². The van der Waals surface area contributed by atoms with E-state index >= 15 is 0 Å². The van der Waals surface area contributed by atoms with Gasteiger partial charge in [-0.15, -0.1) is 0 Å². The molecule has 0 fully saturated rings. The van der Waals surface area contributed by atoms with Crippen LogP contribution in [0.1, 0.15) is 27.2 Å². The lowest BCUT2D eigenvalue weighted by molar-refractivity contribution is 0.0945. The van der Waals surface area contributed by atoms with Crippen molar-refractivity contribution in [2.24, 2.45) is 0 Å². The molecule has 2 aromatic carbocycles. The van der Waals surface area contributed by atoms with E-state index in [0.29, 0.717) is 17.9 Å². The van der Waals surface area contributed by atoms with Crippen LogP contribution in [0.5, 0.6) is 0 Å². The minimum atomic E-state index is -0.274. The second kappa shape index (κ2) is 7.90. The highest BCUT2D eigenvalue weighted by atomic mass is 16.1. The van der Waals surface area contributed by atoms with Gasteiger partial charge in [-0.1, -0.05) is 29.8 Å². The van der Waals surface area contributed by atoms with Gasteiger partial charge >= 0.3 is 0 Å². The van der Waals surface area contributed by atoms with Crippen LogP contribution in [0.2, 0.25) is 0 Å². The first-order valence-electron chi connectivity index (χ1n) is 8.07. The Kier molecular flexibility index (Phi) is 5.20. The molecule has 0 aliphatic heterocycles. The minimum Gasteiger partial charge on any atom is -0.347 e. The highest BCUT2D eigenvalue weighted by Crippen LogP contribution is 2.14. The summed E-state index contributed by atoms with van der Waals surface area (Å²) in [5, 5.41) is 14.7. The number of nitrogens with one attached hydrogen (secondary N) is 2. The Hall–Kier alpha value is -3.72. The van der Waals surface area contributed by atoms with Crippen molar-refractivity contribution in [3.8, 4) is 6.07 Å². The van der Waals surface area contributed by atoms with E-state index in [9.17, 15) is 4.79 Å². The molecular formula is C20H17N5O. The number of amides is 1. The molecule has 0 radical (unpaired) electrons. The molecule has 0 bridgehead atoms. The van der Waals surface area contributed by atoms with Gasteiger partial charge in [0.2, 0.25) is 0 Å². The molecule has 0 aliphatic rings. The highest BCUT2D eigenvalue weighted by Gasteiger charge is 2.08. The molecule has 1 heterocycles. The van der Waals surface area contributed by atoms with Gasteiger partial charge < -0.3 is 10.6 Å². The van der Waals surface area contributed by atoms with E-state index in [4.69, 9.17) is 5.26 Å². The number of carbonyl (C=O) groups is 1. The standard InChI is InChI=1S/C20H17N5O/c1-14-3-2-4-16(9-14)11-24-20(26)18-12-23-19(13-22-18)25-17-7-5-15(10-21)6-8-17/h2-9,12-13H,11H2,1H3,(H,23,25)(H,24,26). The molecule has 26 heavy (non-hydrogen) atoms. The molecule has 0 spiro atoms. The zero-order valence-corrected chi connectivity index (χ0v) is 14.2. The summed E-state index contributed by atoms with van der Waals surface area (Å²) in [4.78, 5) is 20.5. The monoisotopic (exact) mass is 343 g/mol. The lowest BCUT2D eigenvalue weighted by Gasteiger charge is -2.07. The van der Waals surface area contributed by atoms with Gasteiger partial charge in [0.25, 0.3) is 5.91 Å². The predicted molar refractivity (Wildman–Crippen MR) is 98.8 cm³/mol. The van der Waals surface area contributed by atoms with E-state index in [2.05, 4.69) is 26.7 Å². The number of anilines is 2. The molecule has 1 aromatic heterocycles. The van der Waals surface area contributed by atoms with Gasteiger partial charge in [-0.3, -0.25) is 4.79 Å². The molecule has 0 saturated heterocycles. The SMILES string of the molecule is Cc1cccc(CNC(=O)c2cnc(Nc3ccc(C#N)cc3)cn2)c1. The fourth-order valence-electron chi connectivity index (χ4n) is 2.38. The van der Waals surface area contributed by atoms with Crippen molar-refractivity contribution in [1.82, 2.24) is 15.3 Å². The maximum absolute atomic E-state index is 12.2. The third-order valence-electron chi connectivity index (χ3n) is 3.71. The van der Waals surface area contributed by atoms with E-state index in [0.717, 1.165) is 16.8 Å². The summed E-state index contributed by atoms with van der Waals surface area (Å²) in [5.74, 6) is 0.244. The topological polar surface area (TPSA) is 90.7 Å². The van der Waals surface area contributed by atoms with Gasteiger partial charge in [-0.25, -0.2) is 9.97 Å². The predicted octanol–water partition coefficient (Wildman–Crippen LogP) is 3.33. The molecule has 3 aromatic rings. The molecule has 3 rings (SSSR count). The molecule has 0 atom stereocenters. The summed E-state index contributed by atoms with van der Waals surface area (Å²) in [6, 6.07) is 17.0. The Balaban J connectivity index is 1.59. The first kappa shape index (κ1) is 17.1. The first-order chi connectivity index (χ1) is 12.6. The first-order valence-corrected chi connectivity index (χ1v) is 8.07. The maximum atomic E-state index is 12.2. The number of hydrogen-bond acceptors (Lipinski definition) is 5. The van der Waals surface area contributed by atoms with Crippen LogP contribution in [0.15, 0.2) is 60.9 Å². The maximum Gasteiger partial charge on any atom is 0.271 e. The lowest BCUT2D eigenvalue weighted by atomic mass is 10.1. The van der Waals surface area contributed by atoms with Gasteiger partial charge in [0.1, 0.15) is 11.5 Å². The van der Waals surface area contributed by atoms with Gasteiger partial charge in [0.15, 0.2) is 0 Å².